The number of rotatable bonds is 8. The van der Waals surface area contributed by atoms with E-state index in [-0.39, 0.29) is 19.6 Å². The maximum absolute atomic E-state index is 12.8. The van der Waals surface area contributed by atoms with Gasteiger partial charge in [-0.3, -0.25) is 9.59 Å². The van der Waals surface area contributed by atoms with Gasteiger partial charge < -0.3 is 15.2 Å². The van der Waals surface area contributed by atoms with E-state index < -0.39 is 28.6 Å². The summed E-state index contributed by atoms with van der Waals surface area (Å²) < 4.78 is 43.7. The van der Waals surface area contributed by atoms with Gasteiger partial charge in [-0.15, -0.1) is 11.3 Å². The van der Waals surface area contributed by atoms with Crippen LogP contribution >= 0.6 is 11.3 Å². The highest BCUT2D eigenvalue weighted by Gasteiger charge is 2.37. The Morgan fingerprint density at radius 3 is 2.54 bits per heavy atom. The summed E-state index contributed by atoms with van der Waals surface area (Å²) in [6.45, 7) is 0.291. The van der Waals surface area contributed by atoms with Crippen molar-refractivity contribution in [1.29, 1.82) is 0 Å². The maximum atomic E-state index is 12.8. The zero-order valence-electron chi connectivity index (χ0n) is 13.4. The number of amides is 1. The van der Waals surface area contributed by atoms with Crippen molar-refractivity contribution in [2.24, 2.45) is 0 Å². The summed E-state index contributed by atoms with van der Waals surface area (Å²) in [6.07, 6.45) is -4.23. The number of thiazole rings is 1. The van der Waals surface area contributed by atoms with Gasteiger partial charge in [0.15, 0.2) is 5.69 Å². The van der Waals surface area contributed by atoms with Crippen LogP contribution in [0, 0.1) is 0 Å². The van der Waals surface area contributed by atoms with Crippen LogP contribution in [-0.2, 0) is 17.5 Å². The number of carbonyl (C=O) groups is 2. The third-order valence-corrected chi connectivity index (χ3v) is 4.09. The molecule has 0 radical (unpaired) electrons. The fraction of sp³-hybridized carbons (Fsp3) is 0.312. The third kappa shape index (κ3) is 5.73. The summed E-state index contributed by atoms with van der Waals surface area (Å²) in [5, 5.41) is 10.9. The third-order valence-electron chi connectivity index (χ3n) is 3.22. The second-order valence-corrected chi connectivity index (χ2v) is 6.06. The Morgan fingerprint density at radius 1 is 1.23 bits per heavy atom. The van der Waals surface area contributed by atoms with Gasteiger partial charge in [-0.05, 0) is 24.1 Å². The molecule has 140 valence electrons. The van der Waals surface area contributed by atoms with Crippen molar-refractivity contribution in [3.05, 3.63) is 45.9 Å². The first kappa shape index (κ1) is 19.7. The molecular weight excluding hydrogens is 373 g/mol. The quantitative estimate of drug-likeness (QED) is 0.677. The van der Waals surface area contributed by atoms with Crippen LogP contribution in [0.3, 0.4) is 0 Å². The van der Waals surface area contributed by atoms with Gasteiger partial charge in [0.2, 0.25) is 0 Å². The van der Waals surface area contributed by atoms with Gasteiger partial charge in [0.25, 0.3) is 5.91 Å². The summed E-state index contributed by atoms with van der Waals surface area (Å²) in [5.74, 6) is -1.26. The van der Waals surface area contributed by atoms with Crippen molar-refractivity contribution in [1.82, 2.24) is 10.3 Å². The maximum Gasteiger partial charge on any atom is 0.427 e. The van der Waals surface area contributed by atoms with Crippen LogP contribution in [0.1, 0.15) is 33.8 Å². The average molecular weight is 388 g/mol. The molecule has 2 aromatic rings. The summed E-state index contributed by atoms with van der Waals surface area (Å²) in [7, 11) is 0. The highest BCUT2D eigenvalue weighted by Crippen LogP contribution is 2.34. The normalized spacial score (nSPS) is 11.2. The second-order valence-electron chi connectivity index (χ2n) is 5.20. The number of alkyl halides is 3. The van der Waals surface area contributed by atoms with Crippen LogP contribution in [0.2, 0.25) is 0 Å². The number of halogens is 3. The number of aromatic nitrogens is 1. The van der Waals surface area contributed by atoms with Crippen LogP contribution < -0.4 is 10.1 Å². The van der Waals surface area contributed by atoms with Crippen molar-refractivity contribution in [2.45, 2.75) is 25.6 Å². The zero-order valence-corrected chi connectivity index (χ0v) is 14.2. The van der Waals surface area contributed by atoms with Crippen molar-refractivity contribution in [3.8, 4) is 5.75 Å². The Bertz CT molecular complexity index is 760. The summed E-state index contributed by atoms with van der Waals surface area (Å²) in [5.41, 5.74) is 1.01. The lowest BCUT2D eigenvalue weighted by molar-refractivity contribution is -0.137. The minimum absolute atomic E-state index is 0.0145. The second kappa shape index (κ2) is 8.65. The highest BCUT2D eigenvalue weighted by atomic mass is 32.1. The molecule has 0 aliphatic rings. The highest BCUT2D eigenvalue weighted by molar-refractivity contribution is 7.10. The molecule has 0 saturated carbocycles. The van der Waals surface area contributed by atoms with Crippen molar-refractivity contribution in [2.75, 3.05) is 6.61 Å². The number of hydrogen-bond acceptors (Lipinski definition) is 5. The predicted molar refractivity (Wildman–Crippen MR) is 87.1 cm³/mol. The minimum Gasteiger partial charge on any atom is -0.494 e. The molecule has 2 N–H and O–H groups in total. The molecule has 10 heteroatoms. The Morgan fingerprint density at radius 2 is 1.92 bits per heavy atom. The molecule has 1 amide bonds. The van der Waals surface area contributed by atoms with Crippen LogP contribution in [0.4, 0.5) is 13.2 Å². The van der Waals surface area contributed by atoms with E-state index in [0.717, 1.165) is 5.51 Å². The van der Waals surface area contributed by atoms with E-state index in [9.17, 15) is 22.8 Å². The lowest BCUT2D eigenvalue weighted by atomic mass is 10.2. The number of carbonyl (C=O) groups excluding carboxylic acids is 1. The van der Waals surface area contributed by atoms with Crippen LogP contribution in [-0.4, -0.2) is 28.6 Å². The molecular formula is C16H15F3N2O4S. The molecule has 0 spiro atoms. The Hall–Kier alpha value is -2.62. The first-order valence-electron chi connectivity index (χ1n) is 7.50. The molecule has 0 atom stereocenters. The predicted octanol–water partition coefficient (Wildman–Crippen LogP) is 3.34. The number of carboxylic acid groups (broad SMARTS) is 1. The van der Waals surface area contributed by atoms with Crippen LogP contribution in [0.25, 0.3) is 0 Å². The summed E-state index contributed by atoms with van der Waals surface area (Å²) >= 11 is 0.369. The number of aliphatic carboxylic acids is 1. The van der Waals surface area contributed by atoms with E-state index >= 15 is 0 Å². The molecule has 0 unspecified atom stereocenters. The zero-order chi connectivity index (χ0) is 19.2. The molecule has 1 heterocycles. The smallest absolute Gasteiger partial charge is 0.427 e. The van der Waals surface area contributed by atoms with Gasteiger partial charge in [-0.2, -0.15) is 13.2 Å². The number of carboxylic acids is 1. The van der Waals surface area contributed by atoms with Crippen molar-refractivity contribution in [3.63, 3.8) is 0 Å². The molecule has 0 bridgehead atoms. The molecule has 0 aliphatic heterocycles. The van der Waals surface area contributed by atoms with E-state index in [2.05, 4.69) is 10.3 Å². The standard InChI is InChI=1S/C16H15F3N2O4S/c17-16(18,19)14-13(21-9-26-14)15(24)20-8-10-3-5-11(6-4-10)25-7-1-2-12(22)23/h3-6,9H,1-2,7-8H2,(H,20,24)(H,22,23). The van der Waals surface area contributed by atoms with Gasteiger partial charge in [-0.25, -0.2) is 4.98 Å². The Balaban J connectivity index is 1.85. The Kier molecular flexibility index (Phi) is 6.56. The monoisotopic (exact) mass is 388 g/mol. The fourth-order valence-corrected chi connectivity index (χ4v) is 2.65. The van der Waals surface area contributed by atoms with E-state index in [1.165, 1.54) is 0 Å². The van der Waals surface area contributed by atoms with Gasteiger partial charge in [0.05, 0.1) is 12.1 Å². The number of ether oxygens (including phenoxy) is 1. The van der Waals surface area contributed by atoms with E-state index in [0.29, 0.717) is 29.1 Å². The van der Waals surface area contributed by atoms with Gasteiger partial charge in [0.1, 0.15) is 10.6 Å². The van der Waals surface area contributed by atoms with Crippen LogP contribution in [0.5, 0.6) is 5.75 Å². The van der Waals surface area contributed by atoms with E-state index in [1.54, 1.807) is 24.3 Å². The van der Waals surface area contributed by atoms with E-state index in [4.69, 9.17) is 9.84 Å². The minimum atomic E-state index is -4.62. The van der Waals surface area contributed by atoms with E-state index in [1.807, 2.05) is 0 Å². The topological polar surface area (TPSA) is 88.5 Å². The van der Waals surface area contributed by atoms with Gasteiger partial charge >= 0.3 is 12.1 Å². The van der Waals surface area contributed by atoms with Gasteiger partial charge in [0, 0.05) is 13.0 Å². The van der Waals surface area contributed by atoms with Crippen LogP contribution in [0.15, 0.2) is 29.8 Å². The molecule has 1 aromatic heterocycles. The largest absolute Gasteiger partial charge is 0.494 e. The number of benzene rings is 1. The van der Waals surface area contributed by atoms with Crippen molar-refractivity contribution < 1.29 is 32.6 Å². The fourth-order valence-electron chi connectivity index (χ4n) is 1.99. The Labute approximate surface area is 150 Å². The van der Waals surface area contributed by atoms with Crippen molar-refractivity contribution >= 4 is 23.2 Å². The molecule has 0 aliphatic carbocycles. The molecule has 0 fully saturated rings. The molecule has 26 heavy (non-hydrogen) atoms. The summed E-state index contributed by atoms with van der Waals surface area (Å²) in [6, 6.07) is 6.57. The number of nitrogens with zero attached hydrogens (tertiary/aromatic N) is 1. The molecule has 6 nitrogen and oxygen atoms in total. The lowest BCUT2D eigenvalue weighted by Crippen LogP contribution is -2.25. The molecule has 2 rings (SSSR count). The van der Waals surface area contributed by atoms with Gasteiger partial charge in [-0.1, -0.05) is 12.1 Å². The molecule has 1 aromatic carbocycles. The molecule has 0 saturated heterocycles. The lowest BCUT2D eigenvalue weighted by Gasteiger charge is -2.09. The summed E-state index contributed by atoms with van der Waals surface area (Å²) in [4.78, 5) is 24.8. The number of hydrogen-bond donors (Lipinski definition) is 2. The SMILES string of the molecule is O=C(O)CCCOc1ccc(CNC(=O)c2ncsc2C(F)(F)F)cc1. The number of nitrogens with one attached hydrogen (secondary N) is 1. The first-order valence-corrected chi connectivity index (χ1v) is 8.37. The average Bonchev–Trinajstić information content (AvgIpc) is 3.07. The first-order chi connectivity index (χ1) is 12.3.